The zero-order valence-corrected chi connectivity index (χ0v) is 16.1. The van der Waals surface area contributed by atoms with Crippen molar-refractivity contribution in [3.8, 4) is 16.9 Å². The minimum atomic E-state index is -0.179. The summed E-state index contributed by atoms with van der Waals surface area (Å²) in [6.45, 7) is 2.42. The summed E-state index contributed by atoms with van der Waals surface area (Å²) in [5, 5.41) is 14.6. The second-order valence-electron chi connectivity index (χ2n) is 6.12. The summed E-state index contributed by atoms with van der Waals surface area (Å²) in [4.78, 5) is 16.6. The number of hydrogen-bond acceptors (Lipinski definition) is 9. The van der Waals surface area contributed by atoms with Gasteiger partial charge in [-0.15, -0.1) is 5.10 Å². The Bertz CT molecular complexity index is 1060. The lowest BCUT2D eigenvalue weighted by molar-refractivity contribution is 0.193. The first-order valence-electron chi connectivity index (χ1n) is 8.70. The van der Waals surface area contributed by atoms with Crippen LogP contribution in [0.4, 0.5) is 11.8 Å². The van der Waals surface area contributed by atoms with Crippen LogP contribution < -0.4 is 10.1 Å². The molecule has 0 saturated carbocycles. The third-order valence-corrected chi connectivity index (χ3v) is 4.21. The van der Waals surface area contributed by atoms with E-state index >= 15 is 0 Å². The summed E-state index contributed by atoms with van der Waals surface area (Å²) in [5.41, 5.74) is 1.71. The number of nitrogens with one attached hydrogen (secondary N) is 1. The molecule has 0 aliphatic heterocycles. The Morgan fingerprint density at radius 1 is 1.14 bits per heavy atom. The summed E-state index contributed by atoms with van der Waals surface area (Å²) < 4.78 is 7.56. The van der Waals surface area contributed by atoms with E-state index in [9.17, 15) is 0 Å². The van der Waals surface area contributed by atoms with Crippen LogP contribution in [0.15, 0.2) is 55.5 Å². The zero-order chi connectivity index (χ0) is 20.1. The predicted octanol–water partition coefficient (Wildman–Crippen LogP) is 2.78. The van der Waals surface area contributed by atoms with Crippen molar-refractivity contribution in [2.24, 2.45) is 0 Å². The minimum absolute atomic E-state index is 0.179. The van der Waals surface area contributed by atoms with Crippen LogP contribution in [0.5, 0.6) is 5.75 Å². The molecule has 0 aliphatic carbocycles. The third-order valence-electron chi connectivity index (χ3n) is 3.90. The Morgan fingerprint density at radius 2 is 2.00 bits per heavy atom. The highest BCUT2D eigenvalue weighted by molar-refractivity contribution is 6.32. The van der Waals surface area contributed by atoms with E-state index < -0.39 is 0 Å². The maximum Gasteiger partial charge on any atom is 0.228 e. The molecular weight excluding hydrogens is 394 g/mol. The van der Waals surface area contributed by atoms with Gasteiger partial charge in [-0.3, -0.25) is 0 Å². The van der Waals surface area contributed by atoms with Gasteiger partial charge in [0.2, 0.25) is 5.95 Å². The van der Waals surface area contributed by atoms with Crippen molar-refractivity contribution in [2.75, 3.05) is 5.32 Å². The van der Waals surface area contributed by atoms with E-state index in [0.29, 0.717) is 29.1 Å². The van der Waals surface area contributed by atoms with E-state index in [1.165, 1.54) is 12.7 Å². The molecule has 0 aliphatic rings. The number of aromatic nitrogens is 8. The SMILES string of the molecule is CC(Cn1cnnn1)Oc1cc(-c2cnc(Nc3ccncn3)nc2)ccc1Cl. The number of benzene rings is 1. The van der Waals surface area contributed by atoms with Crippen molar-refractivity contribution in [1.82, 2.24) is 40.1 Å². The van der Waals surface area contributed by atoms with Gasteiger partial charge in [0.15, 0.2) is 0 Å². The summed E-state index contributed by atoms with van der Waals surface area (Å²) in [5.74, 6) is 1.62. The van der Waals surface area contributed by atoms with Gasteiger partial charge < -0.3 is 10.1 Å². The van der Waals surface area contributed by atoms with Crippen LogP contribution in [0, 0.1) is 0 Å². The van der Waals surface area contributed by atoms with Crippen LogP contribution in [0.1, 0.15) is 6.92 Å². The molecule has 3 aromatic heterocycles. The van der Waals surface area contributed by atoms with Crippen LogP contribution >= 0.6 is 11.6 Å². The standard InChI is InChI=1S/C18H16ClN9O/c1-12(9-28-11-24-26-27-28)29-16-6-13(2-3-15(16)19)14-7-21-18(22-8-14)25-17-4-5-20-10-23-17/h2-8,10-12H,9H2,1H3,(H,20,21,22,23,25). The number of hydrogen-bond donors (Lipinski definition) is 1. The van der Waals surface area contributed by atoms with E-state index in [1.54, 1.807) is 35.4 Å². The lowest BCUT2D eigenvalue weighted by atomic mass is 10.1. The van der Waals surface area contributed by atoms with Crippen LogP contribution in [0.2, 0.25) is 5.02 Å². The van der Waals surface area contributed by atoms with Crippen molar-refractivity contribution in [2.45, 2.75) is 19.6 Å². The Kier molecular flexibility index (Phi) is 5.52. The largest absolute Gasteiger partial charge is 0.487 e. The summed E-state index contributed by atoms with van der Waals surface area (Å²) in [7, 11) is 0. The number of tetrazole rings is 1. The highest BCUT2D eigenvalue weighted by Gasteiger charge is 2.11. The smallest absolute Gasteiger partial charge is 0.228 e. The highest BCUT2D eigenvalue weighted by atomic mass is 35.5. The van der Waals surface area contributed by atoms with Crippen LogP contribution in [0.3, 0.4) is 0 Å². The number of nitrogens with zero attached hydrogens (tertiary/aromatic N) is 8. The fourth-order valence-corrected chi connectivity index (χ4v) is 2.74. The normalized spacial score (nSPS) is 11.8. The van der Waals surface area contributed by atoms with Gasteiger partial charge in [0, 0.05) is 24.2 Å². The van der Waals surface area contributed by atoms with E-state index in [1.807, 2.05) is 19.1 Å². The van der Waals surface area contributed by atoms with Gasteiger partial charge in [-0.05, 0) is 41.1 Å². The Labute approximate surface area is 171 Å². The van der Waals surface area contributed by atoms with Crippen LogP contribution in [0.25, 0.3) is 11.1 Å². The molecule has 4 aromatic rings. The van der Waals surface area contributed by atoms with Gasteiger partial charge in [-0.1, -0.05) is 17.7 Å². The molecule has 1 unspecified atom stereocenters. The van der Waals surface area contributed by atoms with Crippen molar-refractivity contribution >= 4 is 23.4 Å². The quantitative estimate of drug-likeness (QED) is 0.491. The highest BCUT2D eigenvalue weighted by Crippen LogP contribution is 2.31. The van der Waals surface area contributed by atoms with E-state index in [4.69, 9.17) is 16.3 Å². The topological polar surface area (TPSA) is 116 Å². The summed E-state index contributed by atoms with van der Waals surface area (Å²) in [6, 6.07) is 7.26. The molecule has 1 aromatic carbocycles. The van der Waals surface area contributed by atoms with E-state index in [2.05, 4.69) is 40.8 Å². The Morgan fingerprint density at radius 3 is 2.72 bits per heavy atom. The first-order chi connectivity index (χ1) is 14.2. The number of halogens is 1. The fourth-order valence-electron chi connectivity index (χ4n) is 2.58. The summed E-state index contributed by atoms with van der Waals surface area (Å²) in [6.07, 6.45) is 7.88. The lowest BCUT2D eigenvalue weighted by Crippen LogP contribution is -2.20. The van der Waals surface area contributed by atoms with Crippen molar-refractivity contribution in [1.29, 1.82) is 0 Å². The lowest BCUT2D eigenvalue weighted by Gasteiger charge is -2.16. The monoisotopic (exact) mass is 409 g/mol. The Hall–Kier alpha value is -3.66. The minimum Gasteiger partial charge on any atom is -0.487 e. The molecule has 4 rings (SSSR count). The van der Waals surface area contributed by atoms with E-state index in [-0.39, 0.29) is 6.10 Å². The molecule has 1 N–H and O–H groups in total. The molecule has 10 nitrogen and oxygen atoms in total. The number of ether oxygens (including phenoxy) is 1. The molecule has 11 heteroatoms. The first-order valence-corrected chi connectivity index (χ1v) is 9.07. The van der Waals surface area contributed by atoms with Gasteiger partial charge in [0.1, 0.15) is 30.3 Å². The first kappa shape index (κ1) is 18.7. The van der Waals surface area contributed by atoms with Gasteiger partial charge >= 0.3 is 0 Å². The molecule has 0 saturated heterocycles. The molecule has 0 fully saturated rings. The molecule has 29 heavy (non-hydrogen) atoms. The fraction of sp³-hybridized carbons (Fsp3) is 0.167. The average Bonchev–Trinajstić information content (AvgIpc) is 3.24. The molecular formula is C18H16ClN9O. The zero-order valence-electron chi connectivity index (χ0n) is 15.3. The molecule has 1 atom stereocenters. The van der Waals surface area contributed by atoms with Gasteiger partial charge in [0.25, 0.3) is 0 Å². The third kappa shape index (κ3) is 4.79. The van der Waals surface area contributed by atoms with Gasteiger partial charge in [-0.25, -0.2) is 24.6 Å². The van der Waals surface area contributed by atoms with Gasteiger partial charge in [0.05, 0.1) is 11.6 Å². The molecule has 0 bridgehead atoms. The average molecular weight is 410 g/mol. The predicted molar refractivity (Wildman–Crippen MR) is 106 cm³/mol. The van der Waals surface area contributed by atoms with Crippen LogP contribution in [-0.4, -0.2) is 46.2 Å². The van der Waals surface area contributed by atoms with Crippen LogP contribution in [-0.2, 0) is 6.54 Å². The molecule has 0 spiro atoms. The molecule has 3 heterocycles. The Balaban J connectivity index is 1.47. The maximum atomic E-state index is 6.30. The van der Waals surface area contributed by atoms with Crippen molar-refractivity contribution < 1.29 is 4.74 Å². The molecule has 0 radical (unpaired) electrons. The number of rotatable bonds is 7. The second-order valence-corrected chi connectivity index (χ2v) is 6.53. The van der Waals surface area contributed by atoms with Crippen molar-refractivity contribution in [3.05, 3.63) is 60.5 Å². The maximum absolute atomic E-state index is 6.30. The molecule has 0 amide bonds. The second kappa shape index (κ2) is 8.57. The van der Waals surface area contributed by atoms with Crippen molar-refractivity contribution in [3.63, 3.8) is 0 Å². The van der Waals surface area contributed by atoms with Gasteiger partial charge in [-0.2, -0.15) is 0 Å². The number of anilines is 2. The van der Waals surface area contributed by atoms with E-state index in [0.717, 1.165) is 11.1 Å². The summed E-state index contributed by atoms with van der Waals surface area (Å²) >= 11 is 6.30. The molecule has 146 valence electrons.